The van der Waals surface area contributed by atoms with Gasteiger partial charge in [-0.25, -0.2) is 4.39 Å². The monoisotopic (exact) mass is 320 g/mol. The van der Waals surface area contributed by atoms with Crippen molar-refractivity contribution >= 4 is 15.9 Å². The van der Waals surface area contributed by atoms with Crippen molar-refractivity contribution in [3.8, 4) is 5.75 Å². The van der Waals surface area contributed by atoms with E-state index >= 15 is 0 Å². The highest BCUT2D eigenvalue weighted by atomic mass is 79.9. The van der Waals surface area contributed by atoms with Gasteiger partial charge in [-0.3, -0.25) is 0 Å². The van der Waals surface area contributed by atoms with Crippen LogP contribution < -0.4 is 4.74 Å². The number of hydrogen-bond acceptors (Lipinski definition) is 1. The first-order chi connectivity index (χ1) is 9.29. The molecule has 19 heavy (non-hydrogen) atoms. The van der Waals surface area contributed by atoms with Crippen LogP contribution in [0.4, 0.5) is 4.39 Å². The summed E-state index contributed by atoms with van der Waals surface area (Å²) in [6.45, 7) is 0.540. The smallest absolute Gasteiger partial charge is 0.165 e. The highest BCUT2D eigenvalue weighted by Crippen LogP contribution is 2.36. The van der Waals surface area contributed by atoms with E-state index in [9.17, 15) is 4.39 Å². The molecule has 1 nitrogen and oxygen atoms in total. The predicted molar refractivity (Wildman–Crippen MR) is 77.4 cm³/mol. The molecule has 0 spiro atoms. The van der Waals surface area contributed by atoms with Gasteiger partial charge in [-0.2, -0.15) is 0 Å². The van der Waals surface area contributed by atoms with E-state index in [2.05, 4.69) is 34.1 Å². The van der Waals surface area contributed by atoms with Crippen molar-refractivity contribution in [3.63, 3.8) is 0 Å². The van der Waals surface area contributed by atoms with E-state index in [0.717, 1.165) is 12.0 Å². The van der Waals surface area contributed by atoms with Gasteiger partial charge in [0.05, 0.1) is 6.61 Å². The van der Waals surface area contributed by atoms with Crippen molar-refractivity contribution in [1.29, 1.82) is 0 Å². The number of fused-ring (bicyclic) bond motifs is 1. The molecule has 0 amide bonds. The zero-order valence-corrected chi connectivity index (χ0v) is 12.0. The number of benzene rings is 2. The third-order valence-electron chi connectivity index (χ3n) is 3.58. The molecule has 0 bridgehead atoms. The van der Waals surface area contributed by atoms with Crippen LogP contribution in [0.2, 0.25) is 0 Å². The lowest BCUT2D eigenvalue weighted by atomic mass is 9.78. The Morgan fingerprint density at radius 1 is 1.16 bits per heavy atom. The van der Waals surface area contributed by atoms with Crippen molar-refractivity contribution in [2.75, 3.05) is 6.61 Å². The molecule has 2 aromatic rings. The maximum atomic E-state index is 13.8. The second-order valence-electron chi connectivity index (χ2n) is 4.77. The Labute approximate surface area is 120 Å². The van der Waals surface area contributed by atoms with E-state index in [1.165, 1.54) is 17.2 Å². The maximum Gasteiger partial charge on any atom is 0.165 e. The minimum absolute atomic E-state index is 0.287. The molecule has 1 aliphatic carbocycles. The second kappa shape index (κ2) is 5.33. The van der Waals surface area contributed by atoms with Gasteiger partial charge in [-0.15, -0.1) is 0 Å². The van der Waals surface area contributed by atoms with Gasteiger partial charge >= 0.3 is 0 Å². The third kappa shape index (κ3) is 2.39. The molecule has 1 unspecified atom stereocenters. The van der Waals surface area contributed by atoms with E-state index in [1.807, 2.05) is 12.1 Å². The summed E-state index contributed by atoms with van der Waals surface area (Å²) in [5, 5.41) is 0.599. The molecular formula is C16H14BrFO. The van der Waals surface area contributed by atoms with Crippen LogP contribution in [0.1, 0.15) is 22.6 Å². The van der Waals surface area contributed by atoms with Crippen LogP contribution in [0, 0.1) is 5.82 Å². The van der Waals surface area contributed by atoms with Gasteiger partial charge in [-0.05, 0) is 23.6 Å². The summed E-state index contributed by atoms with van der Waals surface area (Å²) >= 11 is 3.36. The lowest BCUT2D eigenvalue weighted by molar-refractivity contribution is 0.261. The fourth-order valence-corrected chi connectivity index (χ4v) is 2.96. The molecular weight excluding hydrogens is 307 g/mol. The molecule has 0 fully saturated rings. The molecule has 0 saturated heterocycles. The molecule has 1 atom stereocenters. The van der Waals surface area contributed by atoms with Crippen molar-refractivity contribution in [1.82, 2.24) is 0 Å². The van der Waals surface area contributed by atoms with Crippen molar-refractivity contribution in [3.05, 3.63) is 65.0 Å². The minimum Gasteiger partial charge on any atom is -0.490 e. The average Bonchev–Trinajstić information content (AvgIpc) is 2.41. The van der Waals surface area contributed by atoms with E-state index in [-0.39, 0.29) is 5.82 Å². The summed E-state index contributed by atoms with van der Waals surface area (Å²) in [4.78, 5) is 0. The molecule has 3 heteroatoms. The number of para-hydroxylation sites is 1. The van der Waals surface area contributed by atoms with Gasteiger partial charge in [0, 0.05) is 16.8 Å². The first kappa shape index (κ1) is 12.7. The molecule has 0 aliphatic heterocycles. The van der Waals surface area contributed by atoms with Gasteiger partial charge in [0.25, 0.3) is 0 Å². The van der Waals surface area contributed by atoms with Crippen molar-refractivity contribution < 1.29 is 9.13 Å². The molecule has 0 radical (unpaired) electrons. The summed E-state index contributed by atoms with van der Waals surface area (Å²) in [6.07, 6.45) is 1.02. The van der Waals surface area contributed by atoms with E-state index in [1.54, 1.807) is 6.07 Å². The SMILES string of the molecule is Fc1cccc(CBr)c1OCC1Cc2ccccc21. The zero-order chi connectivity index (χ0) is 13.2. The van der Waals surface area contributed by atoms with Crippen LogP contribution in [0.3, 0.4) is 0 Å². The Balaban J connectivity index is 1.72. The summed E-state index contributed by atoms with van der Waals surface area (Å²) < 4.78 is 19.5. The van der Waals surface area contributed by atoms with Crippen LogP contribution in [-0.4, -0.2) is 6.61 Å². The quantitative estimate of drug-likeness (QED) is 0.757. The molecule has 2 aromatic carbocycles. The van der Waals surface area contributed by atoms with Crippen LogP contribution in [0.25, 0.3) is 0 Å². The minimum atomic E-state index is -0.287. The first-order valence-corrected chi connectivity index (χ1v) is 7.45. The molecule has 0 aromatic heterocycles. The Hall–Kier alpha value is -1.35. The first-order valence-electron chi connectivity index (χ1n) is 6.33. The summed E-state index contributed by atoms with van der Waals surface area (Å²) in [7, 11) is 0. The molecule has 0 N–H and O–H groups in total. The lowest BCUT2D eigenvalue weighted by Gasteiger charge is -2.30. The number of ether oxygens (including phenoxy) is 1. The molecule has 98 valence electrons. The highest BCUT2D eigenvalue weighted by Gasteiger charge is 2.26. The standard InChI is InChI=1S/C16H14BrFO/c17-9-12-5-3-7-15(18)16(12)19-10-13-8-11-4-1-2-6-14(11)13/h1-7,13H,8-10H2. The zero-order valence-electron chi connectivity index (χ0n) is 10.4. The Morgan fingerprint density at radius 2 is 2.00 bits per heavy atom. The normalized spacial score (nSPS) is 16.6. The van der Waals surface area contributed by atoms with Crippen molar-refractivity contribution in [2.45, 2.75) is 17.7 Å². The van der Waals surface area contributed by atoms with Gasteiger partial charge in [-0.1, -0.05) is 52.3 Å². The summed E-state index contributed by atoms with van der Waals surface area (Å²) in [5.74, 6) is 0.479. The number of halogens is 2. The van der Waals surface area contributed by atoms with Crippen LogP contribution in [-0.2, 0) is 11.8 Å². The fraction of sp³-hybridized carbons (Fsp3) is 0.250. The molecule has 3 rings (SSSR count). The van der Waals surface area contributed by atoms with Crippen LogP contribution in [0.15, 0.2) is 42.5 Å². The topological polar surface area (TPSA) is 9.23 Å². The average molecular weight is 321 g/mol. The Morgan fingerprint density at radius 3 is 2.79 bits per heavy atom. The fourth-order valence-electron chi connectivity index (χ4n) is 2.52. The van der Waals surface area contributed by atoms with E-state index in [4.69, 9.17) is 4.74 Å². The summed E-state index contributed by atoms with van der Waals surface area (Å²) in [5.41, 5.74) is 3.57. The highest BCUT2D eigenvalue weighted by molar-refractivity contribution is 9.08. The maximum absolute atomic E-state index is 13.8. The van der Waals surface area contributed by atoms with E-state index in [0.29, 0.717) is 23.6 Å². The lowest BCUT2D eigenvalue weighted by Crippen LogP contribution is -2.23. The number of hydrogen-bond donors (Lipinski definition) is 0. The molecule has 0 saturated carbocycles. The second-order valence-corrected chi connectivity index (χ2v) is 5.33. The van der Waals surface area contributed by atoms with Gasteiger partial charge in [0.15, 0.2) is 11.6 Å². The molecule has 0 heterocycles. The number of alkyl halides is 1. The van der Waals surface area contributed by atoms with Gasteiger partial charge in [0.2, 0.25) is 0 Å². The molecule has 1 aliphatic rings. The largest absolute Gasteiger partial charge is 0.490 e. The Kier molecular flexibility index (Phi) is 3.56. The summed E-state index contributed by atoms with van der Waals surface area (Å²) in [6, 6.07) is 13.4. The predicted octanol–water partition coefficient (Wildman–Crippen LogP) is 4.44. The van der Waals surface area contributed by atoms with Crippen LogP contribution in [0.5, 0.6) is 5.75 Å². The van der Waals surface area contributed by atoms with Gasteiger partial charge in [0.1, 0.15) is 0 Å². The number of rotatable bonds is 4. The van der Waals surface area contributed by atoms with Gasteiger partial charge < -0.3 is 4.74 Å². The van der Waals surface area contributed by atoms with E-state index < -0.39 is 0 Å². The van der Waals surface area contributed by atoms with Crippen molar-refractivity contribution in [2.24, 2.45) is 0 Å². The third-order valence-corrected chi connectivity index (χ3v) is 4.19. The Bertz CT molecular complexity index is 597. The van der Waals surface area contributed by atoms with Crippen LogP contribution >= 0.6 is 15.9 Å².